The number of carbonyl (C=O) groups is 2. The third kappa shape index (κ3) is 4.09. The molecule has 0 aromatic heterocycles. The summed E-state index contributed by atoms with van der Waals surface area (Å²) in [7, 11) is 0. The molecule has 0 aliphatic carbocycles. The fourth-order valence-corrected chi connectivity index (χ4v) is 1.63. The van der Waals surface area contributed by atoms with Gasteiger partial charge in [0.25, 0.3) is 5.91 Å². The molecule has 0 radical (unpaired) electrons. The van der Waals surface area contributed by atoms with Crippen LogP contribution in [0.25, 0.3) is 0 Å². The first-order valence-electron chi connectivity index (χ1n) is 6.46. The fraction of sp³-hybridized carbons (Fsp3) is 0.467. The number of aryl methyl sites for hydroxylation is 1. The van der Waals surface area contributed by atoms with Crippen LogP contribution in [0.2, 0.25) is 0 Å². The molecule has 0 aliphatic heterocycles. The summed E-state index contributed by atoms with van der Waals surface area (Å²) >= 11 is 0. The van der Waals surface area contributed by atoms with Crippen molar-refractivity contribution in [2.45, 2.75) is 46.6 Å². The summed E-state index contributed by atoms with van der Waals surface area (Å²) in [5.74, 6) is -0.367. The number of carbonyl (C=O) groups excluding carboxylic acids is 2. The van der Waals surface area contributed by atoms with Gasteiger partial charge in [0.1, 0.15) is 0 Å². The number of hydrogen-bond acceptors (Lipinski definition) is 2. The molecule has 104 valence electrons. The van der Waals surface area contributed by atoms with Gasteiger partial charge in [-0.1, -0.05) is 24.6 Å². The van der Waals surface area contributed by atoms with Crippen LogP contribution in [-0.2, 0) is 4.79 Å². The Balaban J connectivity index is 3.04. The normalized spacial score (nSPS) is 11.0. The van der Waals surface area contributed by atoms with Crippen molar-refractivity contribution < 1.29 is 9.59 Å². The first-order chi connectivity index (χ1) is 8.75. The number of amides is 2. The van der Waals surface area contributed by atoms with Crippen LogP contribution in [0.5, 0.6) is 0 Å². The van der Waals surface area contributed by atoms with Crippen LogP contribution in [-0.4, -0.2) is 22.4 Å². The Labute approximate surface area is 114 Å². The molecule has 0 heterocycles. The quantitative estimate of drug-likeness (QED) is 0.833. The number of nitrogens with one attached hydrogen (secondary N) is 1. The zero-order valence-corrected chi connectivity index (χ0v) is 12.3. The molecule has 1 N–H and O–H groups in total. The maximum Gasteiger partial charge on any atom is 0.272 e. The Morgan fingerprint density at radius 2 is 1.89 bits per heavy atom. The van der Waals surface area contributed by atoms with Gasteiger partial charge in [-0.2, -0.15) is 0 Å². The van der Waals surface area contributed by atoms with E-state index in [4.69, 9.17) is 0 Å². The Morgan fingerprint density at radius 1 is 1.26 bits per heavy atom. The average molecular weight is 262 g/mol. The summed E-state index contributed by atoms with van der Waals surface area (Å²) < 4.78 is 0. The molecule has 0 saturated carbocycles. The summed E-state index contributed by atoms with van der Waals surface area (Å²) in [6.07, 6.45) is 0.341. The van der Waals surface area contributed by atoms with Crippen LogP contribution in [0.3, 0.4) is 0 Å². The second-order valence-corrected chi connectivity index (χ2v) is 5.57. The van der Waals surface area contributed by atoms with Crippen LogP contribution < -0.4 is 5.43 Å². The van der Waals surface area contributed by atoms with E-state index in [0.29, 0.717) is 12.0 Å². The highest BCUT2D eigenvalue weighted by Crippen LogP contribution is 2.16. The van der Waals surface area contributed by atoms with Crippen molar-refractivity contribution in [3.8, 4) is 0 Å². The molecular formula is C15H22N2O2. The summed E-state index contributed by atoms with van der Waals surface area (Å²) in [6.45, 7) is 9.35. The topological polar surface area (TPSA) is 49.4 Å². The minimum absolute atomic E-state index is 0.170. The van der Waals surface area contributed by atoms with E-state index in [-0.39, 0.29) is 11.8 Å². The highest BCUT2D eigenvalue weighted by Gasteiger charge is 2.28. The van der Waals surface area contributed by atoms with Gasteiger partial charge >= 0.3 is 0 Å². The lowest BCUT2D eigenvalue weighted by Gasteiger charge is -2.35. The average Bonchev–Trinajstić information content (AvgIpc) is 2.33. The van der Waals surface area contributed by atoms with Gasteiger partial charge in [-0.25, -0.2) is 5.01 Å². The first kappa shape index (κ1) is 15.2. The number of hydrogen-bond donors (Lipinski definition) is 1. The molecule has 1 aromatic carbocycles. The summed E-state index contributed by atoms with van der Waals surface area (Å²) in [4.78, 5) is 24.1. The van der Waals surface area contributed by atoms with Crippen molar-refractivity contribution in [2.75, 3.05) is 0 Å². The lowest BCUT2D eigenvalue weighted by molar-refractivity contribution is -0.126. The molecule has 19 heavy (non-hydrogen) atoms. The van der Waals surface area contributed by atoms with Crippen molar-refractivity contribution >= 4 is 11.8 Å². The summed E-state index contributed by atoms with van der Waals surface area (Å²) in [5, 5.41) is 1.40. The molecule has 0 bridgehead atoms. The first-order valence-corrected chi connectivity index (χ1v) is 6.46. The molecule has 4 nitrogen and oxygen atoms in total. The lowest BCUT2D eigenvalue weighted by atomic mass is 10.1. The second kappa shape index (κ2) is 5.87. The van der Waals surface area contributed by atoms with Crippen LogP contribution in [0.4, 0.5) is 0 Å². The van der Waals surface area contributed by atoms with E-state index in [1.807, 2.05) is 45.9 Å². The van der Waals surface area contributed by atoms with Gasteiger partial charge in [0.15, 0.2) is 0 Å². The number of rotatable bonds is 2. The van der Waals surface area contributed by atoms with Gasteiger partial charge in [-0.3, -0.25) is 15.0 Å². The number of benzene rings is 1. The van der Waals surface area contributed by atoms with Crippen LogP contribution in [0.1, 0.15) is 50.0 Å². The summed E-state index contributed by atoms with van der Waals surface area (Å²) in [5.41, 5.74) is 3.78. The molecule has 2 amide bonds. The Bertz CT molecular complexity index is 475. The highest BCUT2D eigenvalue weighted by atomic mass is 16.2. The maximum absolute atomic E-state index is 12.5. The van der Waals surface area contributed by atoms with E-state index >= 15 is 0 Å². The zero-order valence-electron chi connectivity index (χ0n) is 12.3. The van der Waals surface area contributed by atoms with Gasteiger partial charge in [0.05, 0.1) is 5.54 Å². The van der Waals surface area contributed by atoms with E-state index in [1.165, 1.54) is 5.01 Å². The standard InChI is InChI=1S/C15H22N2O2/c1-6-13(18)16-17(15(3,4)5)14(19)12-9-7-8-11(2)10-12/h7-10H,6H2,1-5H3,(H,16,18). The van der Waals surface area contributed by atoms with E-state index in [2.05, 4.69) is 5.43 Å². The minimum atomic E-state index is -0.480. The van der Waals surface area contributed by atoms with Gasteiger partial charge < -0.3 is 0 Å². The van der Waals surface area contributed by atoms with Gasteiger partial charge in [0, 0.05) is 12.0 Å². The predicted molar refractivity (Wildman–Crippen MR) is 75.5 cm³/mol. The van der Waals surface area contributed by atoms with Crippen molar-refractivity contribution in [2.24, 2.45) is 0 Å². The van der Waals surface area contributed by atoms with E-state index < -0.39 is 5.54 Å². The molecule has 0 atom stereocenters. The van der Waals surface area contributed by atoms with E-state index in [1.54, 1.807) is 13.0 Å². The molecule has 0 saturated heterocycles. The summed E-state index contributed by atoms with van der Waals surface area (Å²) in [6, 6.07) is 7.35. The largest absolute Gasteiger partial charge is 0.273 e. The molecule has 0 aliphatic rings. The van der Waals surface area contributed by atoms with Gasteiger partial charge in [-0.05, 0) is 39.8 Å². The fourth-order valence-electron chi connectivity index (χ4n) is 1.63. The van der Waals surface area contributed by atoms with Gasteiger partial charge in [0.2, 0.25) is 5.91 Å². The van der Waals surface area contributed by atoms with Crippen LogP contribution in [0, 0.1) is 6.92 Å². The van der Waals surface area contributed by atoms with Crippen LogP contribution >= 0.6 is 0 Å². The highest BCUT2D eigenvalue weighted by molar-refractivity contribution is 5.96. The number of nitrogens with zero attached hydrogens (tertiary/aromatic N) is 1. The molecule has 4 heteroatoms. The van der Waals surface area contributed by atoms with Crippen LogP contribution in [0.15, 0.2) is 24.3 Å². The molecule has 0 unspecified atom stereocenters. The SMILES string of the molecule is CCC(=O)NN(C(=O)c1cccc(C)c1)C(C)(C)C. The predicted octanol–water partition coefficient (Wildman–Crippen LogP) is 2.68. The molecule has 0 spiro atoms. The lowest BCUT2D eigenvalue weighted by Crippen LogP contribution is -2.55. The van der Waals surface area contributed by atoms with E-state index in [9.17, 15) is 9.59 Å². The molecule has 1 aromatic rings. The Hall–Kier alpha value is -1.84. The third-order valence-electron chi connectivity index (χ3n) is 2.70. The minimum Gasteiger partial charge on any atom is -0.273 e. The van der Waals surface area contributed by atoms with Crippen molar-refractivity contribution in [1.82, 2.24) is 10.4 Å². The zero-order chi connectivity index (χ0) is 14.6. The molecule has 1 rings (SSSR count). The third-order valence-corrected chi connectivity index (χ3v) is 2.70. The van der Waals surface area contributed by atoms with Crippen molar-refractivity contribution in [3.63, 3.8) is 0 Å². The van der Waals surface area contributed by atoms with E-state index in [0.717, 1.165) is 5.56 Å². The van der Waals surface area contributed by atoms with Gasteiger partial charge in [-0.15, -0.1) is 0 Å². The Kier molecular flexibility index (Phi) is 4.70. The van der Waals surface area contributed by atoms with Crippen molar-refractivity contribution in [3.05, 3.63) is 35.4 Å². The monoisotopic (exact) mass is 262 g/mol. The van der Waals surface area contributed by atoms with Crippen molar-refractivity contribution in [1.29, 1.82) is 0 Å². The molecule has 0 fully saturated rings. The smallest absolute Gasteiger partial charge is 0.272 e. The Morgan fingerprint density at radius 3 is 2.37 bits per heavy atom. The second-order valence-electron chi connectivity index (χ2n) is 5.57. The maximum atomic E-state index is 12.5. The molecular weight excluding hydrogens is 240 g/mol. The number of hydrazine groups is 1.